The van der Waals surface area contributed by atoms with Crippen molar-refractivity contribution >= 4 is 23.0 Å². The lowest BCUT2D eigenvalue weighted by molar-refractivity contribution is 0.105. The first-order chi connectivity index (χ1) is 8.85. The summed E-state index contributed by atoms with van der Waals surface area (Å²) in [6, 6.07) is 0. The summed E-state index contributed by atoms with van der Waals surface area (Å²) in [7, 11) is 0. The first kappa shape index (κ1) is 14.1. The Hall–Kier alpha value is -1.27. The molecule has 1 aromatic heterocycles. The fourth-order valence-corrected chi connectivity index (χ4v) is 2.52. The van der Waals surface area contributed by atoms with Gasteiger partial charge in [-0.2, -0.15) is 5.10 Å². The van der Waals surface area contributed by atoms with E-state index in [9.17, 15) is 0 Å². The molecule has 1 aliphatic rings. The second kappa shape index (κ2) is 5.02. The highest BCUT2D eigenvalue weighted by molar-refractivity contribution is 7.80. The van der Waals surface area contributed by atoms with Crippen LogP contribution in [0.15, 0.2) is 0 Å². The number of aromatic nitrogens is 2. The zero-order chi connectivity index (χ0) is 14.2. The Morgan fingerprint density at radius 1 is 1.47 bits per heavy atom. The van der Waals surface area contributed by atoms with Gasteiger partial charge in [0.25, 0.3) is 0 Å². The number of anilines is 1. The summed E-state index contributed by atoms with van der Waals surface area (Å²) in [5, 5.41) is 11.8. The van der Waals surface area contributed by atoms with Gasteiger partial charge in [-0.15, -0.1) is 5.10 Å². The van der Waals surface area contributed by atoms with Gasteiger partial charge in [-0.1, -0.05) is 12.2 Å². The Morgan fingerprint density at radius 2 is 2.16 bits per heavy atom. The van der Waals surface area contributed by atoms with Crippen LogP contribution in [0.5, 0.6) is 0 Å². The maximum Gasteiger partial charge on any atom is 0.159 e. The van der Waals surface area contributed by atoms with Crippen LogP contribution < -0.4 is 11.1 Å². The molecular formula is C13H20N4OS. The Labute approximate surface area is 118 Å². The molecule has 1 fully saturated rings. The first-order valence-electron chi connectivity index (χ1n) is 6.38. The highest BCUT2D eigenvalue weighted by Gasteiger charge is 2.38. The average Bonchev–Trinajstić information content (AvgIpc) is 2.64. The molecule has 0 spiro atoms. The minimum Gasteiger partial charge on any atom is -0.389 e. The van der Waals surface area contributed by atoms with Crippen molar-refractivity contribution in [2.24, 2.45) is 5.73 Å². The average molecular weight is 280 g/mol. The predicted octanol–water partition coefficient (Wildman–Crippen LogP) is 1.71. The molecule has 3 N–H and O–H groups in total. The van der Waals surface area contributed by atoms with Crippen molar-refractivity contribution in [1.29, 1.82) is 0 Å². The molecule has 0 aromatic carbocycles. The van der Waals surface area contributed by atoms with E-state index in [0.717, 1.165) is 29.8 Å². The molecule has 0 radical (unpaired) electrons. The number of nitrogens with two attached hydrogens (primary N) is 1. The number of aryl methyl sites for hydroxylation is 1. The van der Waals surface area contributed by atoms with Gasteiger partial charge in [0.15, 0.2) is 5.82 Å². The topological polar surface area (TPSA) is 73.1 Å². The van der Waals surface area contributed by atoms with Crippen molar-refractivity contribution < 1.29 is 4.74 Å². The lowest BCUT2D eigenvalue weighted by atomic mass is 9.94. The summed E-state index contributed by atoms with van der Waals surface area (Å²) in [4.78, 5) is 0.341. The van der Waals surface area contributed by atoms with Crippen molar-refractivity contribution in [3.8, 4) is 0 Å². The van der Waals surface area contributed by atoms with Gasteiger partial charge in [-0.05, 0) is 39.7 Å². The number of nitrogens with zero attached hydrogens (tertiary/aromatic N) is 2. The molecule has 1 saturated heterocycles. The lowest BCUT2D eigenvalue weighted by Crippen LogP contribution is -2.42. The van der Waals surface area contributed by atoms with E-state index in [1.54, 1.807) is 0 Å². The highest BCUT2D eigenvalue weighted by atomic mass is 32.1. The molecule has 6 heteroatoms. The van der Waals surface area contributed by atoms with E-state index in [-0.39, 0.29) is 11.6 Å². The van der Waals surface area contributed by atoms with Crippen molar-refractivity contribution in [2.75, 3.05) is 11.9 Å². The summed E-state index contributed by atoms with van der Waals surface area (Å²) < 4.78 is 5.62. The molecule has 1 aliphatic heterocycles. The van der Waals surface area contributed by atoms with Crippen LogP contribution in [0.25, 0.3) is 0 Å². The summed E-state index contributed by atoms with van der Waals surface area (Å²) in [5.74, 6) is 0.649. The smallest absolute Gasteiger partial charge is 0.159 e. The zero-order valence-electron chi connectivity index (χ0n) is 11.8. The van der Waals surface area contributed by atoms with Crippen LogP contribution in [0.2, 0.25) is 0 Å². The van der Waals surface area contributed by atoms with Crippen molar-refractivity contribution in [2.45, 2.75) is 45.8 Å². The maximum atomic E-state index is 5.83. The number of nitrogens with one attached hydrogen (secondary N) is 1. The minimum absolute atomic E-state index is 0.107. The quantitative estimate of drug-likeness (QED) is 0.821. The zero-order valence-corrected chi connectivity index (χ0v) is 12.6. The summed E-state index contributed by atoms with van der Waals surface area (Å²) >= 11 is 5.14. The predicted molar refractivity (Wildman–Crippen MR) is 79.5 cm³/mol. The molecule has 2 unspecified atom stereocenters. The Morgan fingerprint density at radius 3 is 2.68 bits per heavy atom. The van der Waals surface area contributed by atoms with Gasteiger partial charge >= 0.3 is 0 Å². The van der Waals surface area contributed by atoms with E-state index in [1.807, 2.05) is 13.8 Å². The van der Waals surface area contributed by atoms with Crippen LogP contribution >= 0.6 is 12.2 Å². The van der Waals surface area contributed by atoms with E-state index < -0.39 is 0 Å². The first-order valence-corrected chi connectivity index (χ1v) is 6.79. The standard InChI is InChI=1S/C13H20N4OS/c1-7-8(2)16-17-12(10(7)11(14)19)15-13(4)5-6-18-9(13)3/h9H,5-6H2,1-4H3,(H2,14,19)(H,15,17). The molecule has 2 atom stereocenters. The van der Waals surface area contributed by atoms with Crippen LogP contribution in [0.4, 0.5) is 5.82 Å². The fourth-order valence-electron chi connectivity index (χ4n) is 2.27. The van der Waals surface area contributed by atoms with Gasteiger partial charge in [0.1, 0.15) is 4.99 Å². The third kappa shape index (κ3) is 2.55. The largest absolute Gasteiger partial charge is 0.389 e. The van der Waals surface area contributed by atoms with Gasteiger partial charge in [0.05, 0.1) is 22.9 Å². The third-order valence-corrected chi connectivity index (χ3v) is 4.20. The molecule has 2 heterocycles. The summed E-state index contributed by atoms with van der Waals surface area (Å²) in [6.45, 7) is 8.77. The fraction of sp³-hybridized carbons (Fsp3) is 0.615. The van der Waals surface area contributed by atoms with Gasteiger partial charge < -0.3 is 15.8 Å². The molecule has 0 amide bonds. The van der Waals surface area contributed by atoms with E-state index in [0.29, 0.717) is 10.8 Å². The van der Waals surface area contributed by atoms with E-state index >= 15 is 0 Å². The van der Waals surface area contributed by atoms with Gasteiger partial charge in [0, 0.05) is 6.61 Å². The minimum atomic E-state index is -0.171. The van der Waals surface area contributed by atoms with E-state index in [4.69, 9.17) is 22.7 Å². The van der Waals surface area contributed by atoms with Gasteiger partial charge in [0.2, 0.25) is 0 Å². The number of ether oxygens (including phenoxy) is 1. The summed E-state index contributed by atoms with van der Waals surface area (Å²) in [5.41, 5.74) is 8.25. The lowest BCUT2D eigenvalue weighted by Gasteiger charge is -2.30. The van der Waals surface area contributed by atoms with Crippen LogP contribution in [0.1, 0.15) is 37.1 Å². The van der Waals surface area contributed by atoms with Gasteiger partial charge in [-0.25, -0.2) is 0 Å². The van der Waals surface area contributed by atoms with Crippen LogP contribution in [0.3, 0.4) is 0 Å². The SMILES string of the molecule is Cc1nnc(NC2(C)CCOC2C)c(C(N)=S)c1C. The Balaban J connectivity index is 2.40. The van der Waals surface area contributed by atoms with Crippen LogP contribution in [-0.4, -0.2) is 33.4 Å². The second-order valence-electron chi connectivity index (χ2n) is 5.30. The second-order valence-corrected chi connectivity index (χ2v) is 5.74. The number of rotatable bonds is 3. The summed E-state index contributed by atoms with van der Waals surface area (Å²) in [6.07, 6.45) is 1.02. The van der Waals surface area contributed by atoms with Crippen molar-refractivity contribution in [1.82, 2.24) is 10.2 Å². The van der Waals surface area contributed by atoms with E-state index in [2.05, 4.69) is 29.4 Å². The Bertz CT molecular complexity index is 520. The number of thiocarbonyl (C=S) groups is 1. The number of hydrogen-bond donors (Lipinski definition) is 2. The molecule has 0 saturated carbocycles. The number of hydrogen-bond acceptors (Lipinski definition) is 5. The van der Waals surface area contributed by atoms with E-state index in [1.165, 1.54) is 0 Å². The van der Waals surface area contributed by atoms with Crippen molar-refractivity contribution in [3.63, 3.8) is 0 Å². The molecule has 19 heavy (non-hydrogen) atoms. The normalized spacial score (nSPS) is 26.4. The molecule has 1 aromatic rings. The van der Waals surface area contributed by atoms with Crippen molar-refractivity contribution in [3.05, 3.63) is 16.8 Å². The molecule has 0 bridgehead atoms. The highest BCUT2D eigenvalue weighted by Crippen LogP contribution is 2.30. The van der Waals surface area contributed by atoms with Crippen LogP contribution in [-0.2, 0) is 4.74 Å². The molecule has 0 aliphatic carbocycles. The molecule has 2 rings (SSSR count). The van der Waals surface area contributed by atoms with Crippen LogP contribution in [0, 0.1) is 13.8 Å². The molecule has 5 nitrogen and oxygen atoms in total. The monoisotopic (exact) mass is 280 g/mol. The Kier molecular flexibility index (Phi) is 3.73. The third-order valence-electron chi connectivity index (χ3n) is 3.99. The maximum absolute atomic E-state index is 5.83. The molecule has 104 valence electrons. The molecular weight excluding hydrogens is 260 g/mol. The van der Waals surface area contributed by atoms with Gasteiger partial charge in [-0.3, -0.25) is 0 Å².